The highest BCUT2D eigenvalue weighted by atomic mass is 32.2. The average molecular weight is 612 g/mol. The minimum absolute atomic E-state index is 0.0640. The van der Waals surface area contributed by atoms with Gasteiger partial charge >= 0.3 is 0 Å². The molecule has 0 aliphatic heterocycles. The van der Waals surface area contributed by atoms with Crippen molar-refractivity contribution in [3.8, 4) is 5.75 Å². The maximum absolute atomic E-state index is 14.2. The van der Waals surface area contributed by atoms with E-state index in [4.69, 9.17) is 4.74 Å². The van der Waals surface area contributed by atoms with Crippen molar-refractivity contribution in [3.05, 3.63) is 84.4 Å². The Labute approximate surface area is 254 Å². The third kappa shape index (κ3) is 8.75. The number of hydrogen-bond acceptors (Lipinski definition) is 6. The summed E-state index contributed by atoms with van der Waals surface area (Å²) in [6, 6.07) is 21.7. The summed E-state index contributed by atoms with van der Waals surface area (Å²) in [4.78, 5) is 30.0. The molecule has 0 heterocycles. The van der Waals surface area contributed by atoms with Gasteiger partial charge in [-0.05, 0) is 94.5 Å². The molecule has 3 aromatic rings. The summed E-state index contributed by atoms with van der Waals surface area (Å²) >= 11 is 1.51. The number of thioether (sulfide) groups is 1. The van der Waals surface area contributed by atoms with Crippen LogP contribution in [0.3, 0.4) is 0 Å². The van der Waals surface area contributed by atoms with Crippen molar-refractivity contribution in [2.24, 2.45) is 0 Å². The molecule has 42 heavy (non-hydrogen) atoms. The minimum Gasteiger partial charge on any atom is -0.494 e. The fraction of sp³-hybridized carbons (Fsp3) is 0.375. The second-order valence-corrected chi connectivity index (χ2v) is 13.5. The van der Waals surface area contributed by atoms with Gasteiger partial charge < -0.3 is 15.0 Å². The van der Waals surface area contributed by atoms with Crippen molar-refractivity contribution >= 4 is 39.3 Å². The van der Waals surface area contributed by atoms with Gasteiger partial charge in [-0.25, -0.2) is 8.42 Å². The smallest absolute Gasteiger partial charge is 0.264 e. The fourth-order valence-electron chi connectivity index (χ4n) is 4.43. The third-order valence-corrected chi connectivity index (χ3v) is 8.97. The monoisotopic (exact) mass is 611 g/mol. The fourth-order valence-corrected chi connectivity index (χ4v) is 6.25. The van der Waals surface area contributed by atoms with E-state index >= 15 is 0 Å². The lowest BCUT2D eigenvalue weighted by atomic mass is 10.1. The number of nitrogens with one attached hydrogen (secondary N) is 1. The van der Waals surface area contributed by atoms with E-state index in [1.165, 1.54) is 16.7 Å². The zero-order valence-corrected chi connectivity index (χ0v) is 26.8. The predicted octanol–water partition coefficient (Wildman–Crippen LogP) is 5.72. The molecule has 3 rings (SSSR count). The number of carbonyl (C=O) groups excluding carboxylic acids is 2. The van der Waals surface area contributed by atoms with Crippen LogP contribution in [0, 0.1) is 0 Å². The standard InChI is InChI=1S/C32H41N3O5S2/c1-7-29(31(37)33-32(3,4)5)34(22-24-12-10-9-11-13-24)30(36)23-35(25-14-16-26(17-15-25)40-8-2)42(38,39)28-20-18-27(41-6)19-21-28/h9-21,29H,7-8,22-23H2,1-6H3,(H,33,37)/t29-/m0/s1. The molecule has 0 aliphatic carbocycles. The zero-order chi connectivity index (χ0) is 30.9. The molecule has 0 aromatic heterocycles. The van der Waals surface area contributed by atoms with E-state index < -0.39 is 34.1 Å². The Morgan fingerprint density at radius 1 is 0.929 bits per heavy atom. The van der Waals surface area contributed by atoms with Crippen LogP contribution in [0.25, 0.3) is 0 Å². The molecule has 0 fully saturated rings. The molecule has 1 atom stereocenters. The van der Waals surface area contributed by atoms with Crippen LogP contribution in [0.1, 0.15) is 46.6 Å². The average Bonchev–Trinajstić information content (AvgIpc) is 2.96. The first-order chi connectivity index (χ1) is 19.9. The number of hydrogen-bond donors (Lipinski definition) is 1. The maximum Gasteiger partial charge on any atom is 0.264 e. The molecule has 0 unspecified atom stereocenters. The van der Waals surface area contributed by atoms with E-state index in [0.29, 0.717) is 24.5 Å². The summed E-state index contributed by atoms with van der Waals surface area (Å²) in [7, 11) is -4.15. The minimum atomic E-state index is -4.15. The molecule has 0 spiro atoms. The van der Waals surface area contributed by atoms with Crippen LogP contribution in [-0.2, 0) is 26.2 Å². The van der Waals surface area contributed by atoms with Crippen molar-refractivity contribution in [2.45, 2.75) is 69.0 Å². The number of carbonyl (C=O) groups is 2. The highest BCUT2D eigenvalue weighted by Crippen LogP contribution is 2.28. The molecule has 1 N–H and O–H groups in total. The van der Waals surface area contributed by atoms with E-state index in [1.54, 1.807) is 48.5 Å². The first kappa shape index (κ1) is 33.0. The molecule has 226 valence electrons. The van der Waals surface area contributed by atoms with E-state index in [2.05, 4.69) is 5.32 Å². The van der Waals surface area contributed by atoms with Crippen LogP contribution < -0.4 is 14.4 Å². The molecule has 0 saturated heterocycles. The van der Waals surface area contributed by atoms with Crippen LogP contribution in [0.5, 0.6) is 5.75 Å². The molecule has 0 aliphatic rings. The van der Waals surface area contributed by atoms with Gasteiger partial charge in [-0.1, -0.05) is 37.3 Å². The number of ether oxygens (including phenoxy) is 1. The Morgan fingerprint density at radius 3 is 2.07 bits per heavy atom. The van der Waals surface area contributed by atoms with Gasteiger partial charge in [0.15, 0.2) is 0 Å². The lowest BCUT2D eigenvalue weighted by molar-refractivity contribution is -0.141. The van der Waals surface area contributed by atoms with Crippen LogP contribution in [-0.4, -0.2) is 56.1 Å². The Bertz CT molecular complexity index is 1420. The van der Waals surface area contributed by atoms with Gasteiger partial charge in [-0.15, -0.1) is 11.8 Å². The quantitative estimate of drug-likeness (QED) is 0.248. The van der Waals surface area contributed by atoms with Gasteiger partial charge in [-0.2, -0.15) is 0 Å². The van der Waals surface area contributed by atoms with E-state index in [1.807, 2.05) is 71.2 Å². The van der Waals surface area contributed by atoms with Gasteiger partial charge in [0, 0.05) is 17.0 Å². The van der Waals surface area contributed by atoms with Crippen LogP contribution in [0.15, 0.2) is 88.7 Å². The van der Waals surface area contributed by atoms with E-state index in [0.717, 1.165) is 14.8 Å². The number of anilines is 1. The van der Waals surface area contributed by atoms with Gasteiger partial charge in [0.05, 0.1) is 17.2 Å². The molecular weight excluding hydrogens is 571 g/mol. The topological polar surface area (TPSA) is 96.0 Å². The summed E-state index contributed by atoms with van der Waals surface area (Å²) in [6.45, 7) is 9.46. The summed E-state index contributed by atoms with van der Waals surface area (Å²) in [5.74, 6) is -0.199. The Hall–Kier alpha value is -3.50. The number of rotatable bonds is 13. The molecule has 8 nitrogen and oxygen atoms in total. The number of nitrogens with zero attached hydrogens (tertiary/aromatic N) is 2. The van der Waals surface area contributed by atoms with E-state index in [9.17, 15) is 18.0 Å². The number of amides is 2. The molecule has 0 radical (unpaired) electrons. The van der Waals surface area contributed by atoms with Gasteiger partial charge in [0.1, 0.15) is 18.3 Å². The van der Waals surface area contributed by atoms with E-state index in [-0.39, 0.29) is 17.3 Å². The molecule has 3 aromatic carbocycles. The van der Waals surface area contributed by atoms with Crippen LogP contribution >= 0.6 is 11.8 Å². The molecule has 2 amide bonds. The summed E-state index contributed by atoms with van der Waals surface area (Å²) in [5, 5.41) is 2.98. The zero-order valence-electron chi connectivity index (χ0n) is 25.2. The van der Waals surface area contributed by atoms with Crippen molar-refractivity contribution in [1.29, 1.82) is 0 Å². The molecule has 0 bridgehead atoms. The lowest BCUT2D eigenvalue weighted by Gasteiger charge is -2.34. The first-order valence-corrected chi connectivity index (χ1v) is 16.6. The Kier molecular flexibility index (Phi) is 11.5. The van der Waals surface area contributed by atoms with Gasteiger partial charge in [0.25, 0.3) is 10.0 Å². The molecular formula is C32H41N3O5S2. The SMILES string of the molecule is CCOc1ccc(N(CC(=O)N(Cc2ccccc2)[C@@H](CC)C(=O)NC(C)(C)C)S(=O)(=O)c2ccc(SC)cc2)cc1. The van der Waals surface area contributed by atoms with Crippen molar-refractivity contribution < 1.29 is 22.7 Å². The first-order valence-electron chi connectivity index (χ1n) is 13.9. The number of sulfonamides is 1. The van der Waals surface area contributed by atoms with Gasteiger partial charge in [-0.3, -0.25) is 13.9 Å². The Balaban J connectivity index is 2.06. The largest absolute Gasteiger partial charge is 0.494 e. The summed E-state index contributed by atoms with van der Waals surface area (Å²) in [6.07, 6.45) is 2.27. The van der Waals surface area contributed by atoms with Crippen LogP contribution in [0.2, 0.25) is 0 Å². The van der Waals surface area contributed by atoms with Gasteiger partial charge in [0.2, 0.25) is 11.8 Å². The summed E-state index contributed by atoms with van der Waals surface area (Å²) in [5.41, 5.74) is 0.635. The van der Waals surface area contributed by atoms with Crippen molar-refractivity contribution in [2.75, 3.05) is 23.7 Å². The summed E-state index contributed by atoms with van der Waals surface area (Å²) < 4.78 is 34.8. The highest BCUT2D eigenvalue weighted by molar-refractivity contribution is 7.98. The third-order valence-electron chi connectivity index (χ3n) is 6.44. The Morgan fingerprint density at radius 2 is 1.55 bits per heavy atom. The number of benzene rings is 3. The second kappa shape index (κ2) is 14.6. The molecule has 0 saturated carbocycles. The molecule has 10 heteroatoms. The highest BCUT2D eigenvalue weighted by Gasteiger charge is 2.34. The normalized spacial score (nSPS) is 12.3. The van der Waals surface area contributed by atoms with Crippen molar-refractivity contribution in [1.82, 2.24) is 10.2 Å². The van der Waals surface area contributed by atoms with Crippen molar-refractivity contribution in [3.63, 3.8) is 0 Å². The maximum atomic E-state index is 14.2. The predicted molar refractivity (Wildman–Crippen MR) is 169 cm³/mol. The second-order valence-electron chi connectivity index (χ2n) is 10.8. The van der Waals surface area contributed by atoms with Crippen LogP contribution in [0.4, 0.5) is 5.69 Å². The lowest BCUT2D eigenvalue weighted by Crippen LogP contribution is -2.55.